The van der Waals surface area contributed by atoms with Crippen LogP contribution in [-0.4, -0.2) is 29.1 Å². The number of nitrogens with one attached hydrogen (secondary N) is 1. The molecule has 1 aromatic heterocycles. The number of methoxy groups -OCH3 is 2. The third kappa shape index (κ3) is 2.64. The van der Waals surface area contributed by atoms with E-state index in [0.29, 0.717) is 17.9 Å². The normalized spacial score (nSPS) is 10.3. The number of aromatic nitrogens is 3. The Labute approximate surface area is 119 Å². The van der Waals surface area contributed by atoms with Crippen LogP contribution < -0.4 is 20.9 Å². The van der Waals surface area contributed by atoms with E-state index in [4.69, 9.17) is 27.5 Å². The molecule has 106 valence electrons. The Balaban J connectivity index is 2.38. The van der Waals surface area contributed by atoms with Gasteiger partial charge in [-0.25, -0.2) is 0 Å². The molecule has 7 nitrogen and oxygen atoms in total. The first-order valence-corrected chi connectivity index (χ1v) is 6.14. The van der Waals surface area contributed by atoms with Crippen molar-refractivity contribution in [2.45, 2.75) is 6.42 Å². The number of rotatable bonds is 4. The quantitative estimate of drug-likeness (QED) is 0.634. The molecule has 3 N–H and O–H groups in total. The highest BCUT2D eigenvalue weighted by Crippen LogP contribution is 2.27. The maximum absolute atomic E-state index is 11.9. The van der Waals surface area contributed by atoms with Crippen molar-refractivity contribution < 1.29 is 9.47 Å². The summed E-state index contributed by atoms with van der Waals surface area (Å²) in [5, 5.41) is 6.44. The van der Waals surface area contributed by atoms with Crippen LogP contribution in [0.2, 0.25) is 0 Å². The van der Waals surface area contributed by atoms with Gasteiger partial charge in [-0.15, -0.1) is 0 Å². The topological polar surface area (TPSA) is 95.2 Å². The molecule has 1 heterocycles. The van der Waals surface area contributed by atoms with Crippen molar-refractivity contribution in [3.63, 3.8) is 0 Å². The molecule has 0 fully saturated rings. The minimum atomic E-state index is -0.427. The van der Waals surface area contributed by atoms with Crippen molar-refractivity contribution in [1.82, 2.24) is 14.9 Å². The van der Waals surface area contributed by atoms with Crippen LogP contribution in [0.1, 0.15) is 11.3 Å². The van der Waals surface area contributed by atoms with Crippen molar-refractivity contribution in [3.8, 4) is 11.5 Å². The molecule has 0 aliphatic heterocycles. The van der Waals surface area contributed by atoms with E-state index in [1.807, 2.05) is 6.07 Å². The van der Waals surface area contributed by atoms with E-state index < -0.39 is 5.56 Å². The zero-order chi connectivity index (χ0) is 14.7. The lowest BCUT2D eigenvalue weighted by Gasteiger charge is -2.09. The molecule has 0 saturated heterocycles. The summed E-state index contributed by atoms with van der Waals surface area (Å²) in [6.45, 7) is 0. The second kappa shape index (κ2) is 5.74. The minimum absolute atomic E-state index is 0.0751. The van der Waals surface area contributed by atoms with Gasteiger partial charge in [-0.2, -0.15) is 9.77 Å². The molecule has 0 aliphatic carbocycles. The third-order valence-corrected chi connectivity index (χ3v) is 3.08. The minimum Gasteiger partial charge on any atom is -0.493 e. The van der Waals surface area contributed by atoms with Crippen molar-refractivity contribution in [3.05, 3.63) is 44.6 Å². The van der Waals surface area contributed by atoms with Gasteiger partial charge in [-0.05, 0) is 29.9 Å². The summed E-state index contributed by atoms with van der Waals surface area (Å²) in [6.07, 6.45) is 0.308. The predicted octanol–water partition coefficient (Wildman–Crippen LogP) is 0.623. The molecule has 0 amide bonds. The summed E-state index contributed by atoms with van der Waals surface area (Å²) in [5.74, 6) is 6.73. The van der Waals surface area contributed by atoms with Crippen molar-refractivity contribution >= 4 is 12.2 Å². The summed E-state index contributed by atoms with van der Waals surface area (Å²) < 4.78 is 11.3. The van der Waals surface area contributed by atoms with Gasteiger partial charge in [0.15, 0.2) is 11.5 Å². The van der Waals surface area contributed by atoms with Crippen LogP contribution in [0.15, 0.2) is 23.0 Å². The second-order valence-electron chi connectivity index (χ2n) is 4.02. The number of nitrogens with zero attached hydrogens (tertiary/aromatic N) is 2. The van der Waals surface area contributed by atoms with Gasteiger partial charge in [0.25, 0.3) is 5.56 Å². The summed E-state index contributed by atoms with van der Waals surface area (Å²) in [4.78, 5) is 11.9. The van der Waals surface area contributed by atoms with Crippen LogP contribution in [0.25, 0.3) is 0 Å². The van der Waals surface area contributed by atoms with Crippen LogP contribution in [0.4, 0.5) is 0 Å². The Morgan fingerprint density at radius 3 is 2.70 bits per heavy atom. The number of H-pyrrole nitrogens is 1. The van der Waals surface area contributed by atoms with Crippen molar-refractivity contribution in [2.75, 3.05) is 20.1 Å². The molecule has 1 aromatic carbocycles. The van der Waals surface area contributed by atoms with Gasteiger partial charge in [0.05, 0.1) is 14.2 Å². The summed E-state index contributed by atoms with van der Waals surface area (Å²) in [7, 11) is 3.11. The summed E-state index contributed by atoms with van der Waals surface area (Å²) >= 11 is 4.82. The number of benzene rings is 1. The molecule has 0 unspecified atom stereocenters. The lowest BCUT2D eigenvalue weighted by molar-refractivity contribution is 0.354. The van der Waals surface area contributed by atoms with E-state index in [1.54, 1.807) is 26.4 Å². The highest BCUT2D eigenvalue weighted by atomic mass is 32.1. The summed E-state index contributed by atoms with van der Waals surface area (Å²) in [5.41, 5.74) is 0.689. The first kappa shape index (κ1) is 14.1. The average molecular weight is 294 g/mol. The Bertz CT molecular complexity index is 738. The standard InChI is InChI=1S/C12H14N4O3S/c1-18-9-4-3-7(6-10(9)19-2)5-8-11(17)16(13)12(20)15-14-8/h3-4,6H,5,13H2,1-2H3,(H,15,20). The van der Waals surface area contributed by atoms with E-state index in [9.17, 15) is 4.79 Å². The van der Waals surface area contributed by atoms with Crippen molar-refractivity contribution in [1.29, 1.82) is 0 Å². The van der Waals surface area contributed by atoms with E-state index in [0.717, 1.165) is 10.2 Å². The Morgan fingerprint density at radius 1 is 1.35 bits per heavy atom. The van der Waals surface area contributed by atoms with Crippen molar-refractivity contribution in [2.24, 2.45) is 0 Å². The van der Waals surface area contributed by atoms with Crippen LogP contribution in [0, 0.1) is 4.77 Å². The van der Waals surface area contributed by atoms with E-state index >= 15 is 0 Å². The first-order chi connectivity index (χ1) is 9.56. The fraction of sp³-hybridized carbons (Fsp3) is 0.250. The Hall–Kier alpha value is -2.35. The molecule has 0 aliphatic rings. The van der Waals surface area contributed by atoms with Gasteiger partial charge < -0.3 is 15.3 Å². The number of aromatic amines is 1. The van der Waals surface area contributed by atoms with E-state index in [1.165, 1.54) is 0 Å². The van der Waals surface area contributed by atoms with Gasteiger partial charge in [0.1, 0.15) is 5.69 Å². The van der Waals surface area contributed by atoms with E-state index in [-0.39, 0.29) is 10.5 Å². The lowest BCUT2D eigenvalue weighted by Crippen LogP contribution is -2.32. The van der Waals surface area contributed by atoms with Crippen LogP contribution in [0.5, 0.6) is 11.5 Å². The van der Waals surface area contributed by atoms with Gasteiger partial charge in [-0.3, -0.25) is 9.89 Å². The number of hydrogen-bond acceptors (Lipinski definition) is 6. The second-order valence-corrected chi connectivity index (χ2v) is 4.40. The molecular formula is C12H14N4O3S. The molecule has 20 heavy (non-hydrogen) atoms. The molecule has 0 saturated carbocycles. The molecule has 2 aromatic rings. The SMILES string of the molecule is COc1ccc(Cc2n[nH]c(=S)n(N)c2=O)cc1OC. The molecular weight excluding hydrogens is 280 g/mol. The van der Waals surface area contributed by atoms with Crippen LogP contribution in [-0.2, 0) is 6.42 Å². The maximum Gasteiger partial charge on any atom is 0.295 e. The molecule has 2 rings (SSSR count). The molecule has 8 heteroatoms. The molecule has 0 radical (unpaired) electrons. The third-order valence-electron chi connectivity index (χ3n) is 2.79. The van der Waals surface area contributed by atoms with Crippen LogP contribution in [0.3, 0.4) is 0 Å². The Kier molecular flexibility index (Phi) is 4.04. The van der Waals surface area contributed by atoms with Gasteiger partial charge >= 0.3 is 0 Å². The predicted molar refractivity (Wildman–Crippen MR) is 76.2 cm³/mol. The highest BCUT2D eigenvalue weighted by molar-refractivity contribution is 7.71. The molecule has 0 bridgehead atoms. The number of hydrogen-bond donors (Lipinski definition) is 2. The highest BCUT2D eigenvalue weighted by Gasteiger charge is 2.09. The number of nitrogens with two attached hydrogens (primary N) is 1. The molecule has 0 spiro atoms. The van der Waals surface area contributed by atoms with Gasteiger partial charge in [0, 0.05) is 6.42 Å². The van der Waals surface area contributed by atoms with E-state index in [2.05, 4.69) is 10.2 Å². The van der Waals surface area contributed by atoms with Crippen LogP contribution >= 0.6 is 12.2 Å². The summed E-state index contributed by atoms with van der Waals surface area (Å²) in [6, 6.07) is 5.37. The number of nitrogen functional groups attached to an aromatic ring is 1. The largest absolute Gasteiger partial charge is 0.493 e. The maximum atomic E-state index is 11.9. The monoisotopic (exact) mass is 294 g/mol. The number of ether oxygens (including phenoxy) is 2. The molecule has 0 atom stereocenters. The average Bonchev–Trinajstić information content (AvgIpc) is 2.47. The Morgan fingerprint density at radius 2 is 2.05 bits per heavy atom. The fourth-order valence-electron chi connectivity index (χ4n) is 1.75. The zero-order valence-electron chi connectivity index (χ0n) is 11.0. The lowest BCUT2D eigenvalue weighted by atomic mass is 10.1. The van der Waals surface area contributed by atoms with Gasteiger partial charge in [-0.1, -0.05) is 6.07 Å². The smallest absolute Gasteiger partial charge is 0.295 e. The van der Waals surface area contributed by atoms with Gasteiger partial charge in [0.2, 0.25) is 4.77 Å². The first-order valence-electron chi connectivity index (χ1n) is 5.73. The fourth-order valence-corrected chi connectivity index (χ4v) is 1.88. The zero-order valence-corrected chi connectivity index (χ0v) is 11.9.